The molecule has 1 N–H and O–H groups in total. The van der Waals surface area contributed by atoms with Crippen LogP contribution in [0.3, 0.4) is 0 Å². The van der Waals surface area contributed by atoms with Gasteiger partial charge in [0.25, 0.3) is 0 Å². The minimum atomic E-state index is -3.24. The molecule has 0 aliphatic rings. The Bertz CT molecular complexity index is 1090. The van der Waals surface area contributed by atoms with Crippen LogP contribution in [0.15, 0.2) is 64.9 Å². The first-order valence-electron chi connectivity index (χ1n) is 9.19. The second kappa shape index (κ2) is 8.90. The van der Waals surface area contributed by atoms with Gasteiger partial charge in [0.05, 0.1) is 4.90 Å². The zero-order valence-electron chi connectivity index (χ0n) is 16.3. The molecule has 152 valence electrons. The summed E-state index contributed by atoms with van der Waals surface area (Å²) in [5.41, 5.74) is 4.18. The summed E-state index contributed by atoms with van der Waals surface area (Å²) in [5.74, 6) is -0.306. The van der Waals surface area contributed by atoms with E-state index in [-0.39, 0.29) is 12.3 Å². The van der Waals surface area contributed by atoms with Crippen LogP contribution >= 0.6 is 11.3 Å². The number of benzene rings is 2. The highest BCUT2D eigenvalue weighted by atomic mass is 32.2. The van der Waals surface area contributed by atoms with E-state index in [1.807, 2.05) is 42.5 Å². The first-order valence-corrected chi connectivity index (χ1v) is 12.0. The van der Waals surface area contributed by atoms with Crippen molar-refractivity contribution in [2.75, 3.05) is 13.3 Å². The van der Waals surface area contributed by atoms with Crippen molar-refractivity contribution in [3.05, 3.63) is 64.9 Å². The van der Waals surface area contributed by atoms with Crippen molar-refractivity contribution in [1.29, 1.82) is 0 Å². The number of hydrogen-bond acceptors (Lipinski definition) is 5. The van der Waals surface area contributed by atoms with Gasteiger partial charge in [0.1, 0.15) is 0 Å². The number of thiophene rings is 1. The fourth-order valence-electron chi connectivity index (χ4n) is 3.16. The zero-order valence-corrected chi connectivity index (χ0v) is 18.0. The molecule has 0 saturated carbocycles. The third-order valence-corrected chi connectivity index (χ3v) is 6.85. The maximum atomic E-state index is 11.7. The van der Waals surface area contributed by atoms with E-state index >= 15 is 0 Å². The number of hydrogen-bond donors (Lipinski definition) is 1. The molecular formula is C22H23NO4S2. The number of hydroxylamine groups is 2. The van der Waals surface area contributed by atoms with Crippen molar-refractivity contribution in [2.45, 2.75) is 24.2 Å². The smallest absolute Gasteiger partial charge is 0.245 e. The minimum absolute atomic E-state index is 0.275. The summed E-state index contributed by atoms with van der Waals surface area (Å²) in [6, 6.07) is 17.0. The Kier molecular flexibility index (Phi) is 6.52. The van der Waals surface area contributed by atoms with Crippen LogP contribution in [-0.4, -0.2) is 37.9 Å². The summed E-state index contributed by atoms with van der Waals surface area (Å²) in [4.78, 5) is 13.1. The number of nitrogens with zero attached hydrogens (tertiary/aromatic N) is 1. The lowest BCUT2D eigenvalue weighted by Gasteiger charge is -2.10. The highest BCUT2D eigenvalue weighted by molar-refractivity contribution is 7.90. The first-order chi connectivity index (χ1) is 13.8. The van der Waals surface area contributed by atoms with Gasteiger partial charge in [-0.1, -0.05) is 42.5 Å². The Hall–Kier alpha value is -2.48. The van der Waals surface area contributed by atoms with Crippen LogP contribution in [0.1, 0.15) is 17.7 Å². The Morgan fingerprint density at radius 3 is 2.28 bits per heavy atom. The molecule has 1 amide bonds. The van der Waals surface area contributed by atoms with Gasteiger partial charge >= 0.3 is 0 Å². The number of carbonyl (C=O) groups is 1. The molecule has 0 unspecified atom stereocenters. The second-order valence-corrected chi connectivity index (χ2v) is 9.86. The van der Waals surface area contributed by atoms with Crippen LogP contribution in [0.2, 0.25) is 0 Å². The highest BCUT2D eigenvalue weighted by Crippen LogP contribution is 2.40. The third-order valence-electron chi connectivity index (χ3n) is 4.68. The van der Waals surface area contributed by atoms with E-state index in [0.29, 0.717) is 16.4 Å². The molecule has 0 aliphatic carbocycles. The molecule has 1 heterocycles. The Morgan fingerprint density at radius 2 is 1.69 bits per heavy atom. The van der Waals surface area contributed by atoms with Gasteiger partial charge in [-0.05, 0) is 41.5 Å². The highest BCUT2D eigenvalue weighted by Gasteiger charge is 2.17. The molecule has 0 spiro atoms. The fourth-order valence-corrected chi connectivity index (χ4v) is 4.91. The Morgan fingerprint density at radius 1 is 1.03 bits per heavy atom. The molecule has 3 aromatic rings. The average molecular weight is 430 g/mol. The van der Waals surface area contributed by atoms with E-state index in [1.54, 1.807) is 23.5 Å². The molecule has 0 fully saturated rings. The van der Waals surface area contributed by atoms with E-state index in [0.717, 1.165) is 33.6 Å². The van der Waals surface area contributed by atoms with Gasteiger partial charge in [0.15, 0.2) is 9.84 Å². The molecule has 3 rings (SSSR count). The van der Waals surface area contributed by atoms with Gasteiger partial charge in [0.2, 0.25) is 5.91 Å². The van der Waals surface area contributed by atoms with E-state index < -0.39 is 9.84 Å². The van der Waals surface area contributed by atoms with Gasteiger partial charge < -0.3 is 0 Å². The monoisotopic (exact) mass is 429 g/mol. The molecule has 0 saturated heterocycles. The number of aryl methyl sites for hydroxylation is 1. The predicted octanol–water partition coefficient (Wildman–Crippen LogP) is 4.66. The summed E-state index contributed by atoms with van der Waals surface area (Å²) in [6.07, 6.45) is 2.83. The van der Waals surface area contributed by atoms with Crippen molar-refractivity contribution in [3.8, 4) is 22.3 Å². The molecule has 0 bridgehead atoms. The molecule has 7 heteroatoms. The fraction of sp³-hybridized carbons (Fsp3) is 0.227. The maximum absolute atomic E-state index is 11.7. The van der Waals surface area contributed by atoms with Gasteiger partial charge in [-0.2, -0.15) is 0 Å². The molecule has 2 aromatic carbocycles. The van der Waals surface area contributed by atoms with Crippen molar-refractivity contribution >= 4 is 27.1 Å². The lowest BCUT2D eigenvalue weighted by atomic mass is 9.95. The quantitative estimate of drug-likeness (QED) is 0.438. The van der Waals surface area contributed by atoms with E-state index in [2.05, 4.69) is 5.38 Å². The van der Waals surface area contributed by atoms with Crippen LogP contribution in [-0.2, 0) is 21.1 Å². The summed E-state index contributed by atoms with van der Waals surface area (Å²) in [7, 11) is -1.91. The normalized spacial score (nSPS) is 11.4. The molecule has 0 radical (unpaired) electrons. The van der Waals surface area contributed by atoms with Crippen LogP contribution in [0.4, 0.5) is 0 Å². The van der Waals surface area contributed by atoms with Gasteiger partial charge in [-0.15, -0.1) is 11.3 Å². The van der Waals surface area contributed by atoms with Crippen molar-refractivity contribution in [2.24, 2.45) is 0 Å². The molecule has 0 atom stereocenters. The summed E-state index contributed by atoms with van der Waals surface area (Å²) in [5, 5.41) is 11.9. The van der Waals surface area contributed by atoms with Gasteiger partial charge in [-0.3, -0.25) is 10.0 Å². The zero-order chi connectivity index (χ0) is 21.0. The van der Waals surface area contributed by atoms with E-state index in [1.165, 1.54) is 13.3 Å². The number of rotatable bonds is 7. The molecule has 1 aromatic heterocycles. The number of amides is 1. The van der Waals surface area contributed by atoms with Crippen LogP contribution in [0, 0.1) is 0 Å². The molecular weight excluding hydrogens is 406 g/mol. The van der Waals surface area contributed by atoms with Crippen LogP contribution < -0.4 is 0 Å². The summed E-state index contributed by atoms with van der Waals surface area (Å²) in [6.45, 7) is 0. The first kappa shape index (κ1) is 21.2. The summed E-state index contributed by atoms with van der Waals surface area (Å²) < 4.78 is 23.5. The van der Waals surface area contributed by atoms with Crippen molar-refractivity contribution < 1.29 is 18.4 Å². The van der Waals surface area contributed by atoms with Gasteiger partial charge in [0, 0.05) is 35.7 Å². The maximum Gasteiger partial charge on any atom is 0.245 e. The van der Waals surface area contributed by atoms with Crippen molar-refractivity contribution in [1.82, 2.24) is 5.06 Å². The lowest BCUT2D eigenvalue weighted by molar-refractivity contribution is -0.159. The minimum Gasteiger partial charge on any atom is -0.286 e. The average Bonchev–Trinajstić information content (AvgIpc) is 3.11. The standard InChI is InChI=1S/C22H23NO4S2/c1-23(25)21(24)10-6-9-20-22(17-7-4-3-5-8-17)19(15-28-20)16-11-13-18(14-12-16)29(2,26)27/h3-5,7-8,11-15,25H,6,9-10H2,1-2H3. The molecule has 0 aliphatic heterocycles. The number of sulfone groups is 1. The van der Waals surface area contributed by atoms with E-state index in [9.17, 15) is 18.4 Å². The van der Waals surface area contributed by atoms with Crippen LogP contribution in [0.5, 0.6) is 0 Å². The van der Waals surface area contributed by atoms with Gasteiger partial charge in [-0.25, -0.2) is 13.5 Å². The molecule has 29 heavy (non-hydrogen) atoms. The Balaban J connectivity index is 1.95. The summed E-state index contributed by atoms with van der Waals surface area (Å²) >= 11 is 1.63. The largest absolute Gasteiger partial charge is 0.286 e. The third kappa shape index (κ3) is 5.12. The SMILES string of the molecule is CN(O)C(=O)CCCc1scc(-c2ccc(S(C)(=O)=O)cc2)c1-c1ccccc1. The van der Waals surface area contributed by atoms with E-state index in [4.69, 9.17) is 0 Å². The Labute approximate surface area is 175 Å². The number of carbonyl (C=O) groups excluding carboxylic acids is 1. The molecule has 5 nitrogen and oxygen atoms in total. The topological polar surface area (TPSA) is 74.7 Å². The van der Waals surface area contributed by atoms with Crippen molar-refractivity contribution in [3.63, 3.8) is 0 Å². The van der Waals surface area contributed by atoms with Crippen LogP contribution in [0.25, 0.3) is 22.3 Å². The lowest BCUT2D eigenvalue weighted by Crippen LogP contribution is -2.22. The predicted molar refractivity (Wildman–Crippen MR) is 116 cm³/mol. The second-order valence-electron chi connectivity index (χ2n) is 6.88.